The van der Waals surface area contributed by atoms with Crippen molar-refractivity contribution < 1.29 is 9.18 Å². The van der Waals surface area contributed by atoms with Gasteiger partial charge in [0.15, 0.2) is 0 Å². The SMILES string of the molecule is O=C1/C(=C\c2cc(-c3cccs3)nn2-c2ccccc2)SC(=S)N1Cc1ccc(F)cc1. The first-order valence-corrected chi connectivity index (χ1v) is 11.9. The first-order chi connectivity index (χ1) is 15.6. The molecule has 5 rings (SSSR count). The Morgan fingerprint density at radius 2 is 1.81 bits per heavy atom. The monoisotopic (exact) mass is 477 g/mol. The molecule has 1 amide bonds. The van der Waals surface area contributed by atoms with Crippen molar-refractivity contribution in [2.24, 2.45) is 0 Å². The fraction of sp³-hybridized carbons (Fsp3) is 0.0417. The van der Waals surface area contributed by atoms with E-state index >= 15 is 0 Å². The van der Waals surface area contributed by atoms with E-state index in [2.05, 4.69) is 0 Å². The minimum atomic E-state index is -0.310. The smallest absolute Gasteiger partial charge is 0.266 e. The van der Waals surface area contributed by atoms with E-state index in [0.717, 1.165) is 27.5 Å². The van der Waals surface area contributed by atoms with Crippen molar-refractivity contribution in [2.75, 3.05) is 0 Å². The third-order valence-electron chi connectivity index (χ3n) is 4.92. The second-order valence-corrected chi connectivity index (χ2v) is 9.70. The lowest BCUT2D eigenvalue weighted by Crippen LogP contribution is -2.27. The summed E-state index contributed by atoms with van der Waals surface area (Å²) in [5, 5.41) is 6.80. The average molecular weight is 478 g/mol. The van der Waals surface area contributed by atoms with Crippen LogP contribution in [0.2, 0.25) is 0 Å². The quantitative estimate of drug-likeness (QED) is 0.256. The summed E-state index contributed by atoms with van der Waals surface area (Å²) < 4.78 is 15.5. The molecular weight excluding hydrogens is 461 g/mol. The number of aromatic nitrogens is 2. The highest BCUT2D eigenvalue weighted by Crippen LogP contribution is 2.35. The van der Waals surface area contributed by atoms with E-state index in [0.29, 0.717) is 15.8 Å². The van der Waals surface area contributed by atoms with Crippen LogP contribution in [0.3, 0.4) is 0 Å². The van der Waals surface area contributed by atoms with Crippen molar-refractivity contribution >= 4 is 51.6 Å². The van der Waals surface area contributed by atoms with E-state index in [1.54, 1.807) is 28.4 Å². The molecule has 8 heteroatoms. The van der Waals surface area contributed by atoms with Gasteiger partial charge in [-0.05, 0) is 53.4 Å². The topological polar surface area (TPSA) is 38.1 Å². The van der Waals surface area contributed by atoms with Crippen LogP contribution in [-0.2, 0) is 11.3 Å². The lowest BCUT2D eigenvalue weighted by molar-refractivity contribution is -0.122. The predicted octanol–water partition coefficient (Wildman–Crippen LogP) is 6.14. The van der Waals surface area contributed by atoms with Crippen LogP contribution in [0.5, 0.6) is 0 Å². The summed E-state index contributed by atoms with van der Waals surface area (Å²) in [5.74, 6) is -0.474. The second kappa shape index (κ2) is 8.82. The van der Waals surface area contributed by atoms with Crippen LogP contribution in [0.4, 0.5) is 4.39 Å². The molecule has 0 N–H and O–H groups in total. The fourth-order valence-electron chi connectivity index (χ4n) is 3.36. The number of carbonyl (C=O) groups is 1. The van der Waals surface area contributed by atoms with Gasteiger partial charge >= 0.3 is 0 Å². The van der Waals surface area contributed by atoms with Gasteiger partial charge in [-0.25, -0.2) is 9.07 Å². The number of thiocarbonyl (C=S) groups is 1. The van der Waals surface area contributed by atoms with E-state index in [1.165, 1.54) is 23.9 Å². The molecule has 0 unspecified atom stereocenters. The minimum Gasteiger partial charge on any atom is -0.288 e. The zero-order valence-electron chi connectivity index (χ0n) is 16.6. The van der Waals surface area contributed by atoms with E-state index in [-0.39, 0.29) is 11.7 Å². The molecule has 0 spiro atoms. The van der Waals surface area contributed by atoms with Gasteiger partial charge in [0, 0.05) is 0 Å². The number of benzene rings is 2. The Labute approximate surface area is 198 Å². The number of nitrogens with zero attached hydrogens (tertiary/aromatic N) is 3. The van der Waals surface area contributed by atoms with Crippen LogP contribution in [0, 0.1) is 5.82 Å². The number of thiophene rings is 1. The Kier molecular flexibility index (Phi) is 5.73. The average Bonchev–Trinajstić information content (AvgIpc) is 3.53. The Morgan fingerprint density at radius 3 is 2.53 bits per heavy atom. The van der Waals surface area contributed by atoms with Crippen molar-refractivity contribution in [2.45, 2.75) is 6.54 Å². The number of hydrogen-bond donors (Lipinski definition) is 0. The molecule has 158 valence electrons. The summed E-state index contributed by atoms with van der Waals surface area (Å²) in [5.41, 5.74) is 3.36. The molecule has 1 saturated heterocycles. The molecule has 4 nitrogen and oxygen atoms in total. The predicted molar refractivity (Wildman–Crippen MR) is 132 cm³/mol. The van der Waals surface area contributed by atoms with Crippen LogP contribution < -0.4 is 0 Å². The van der Waals surface area contributed by atoms with E-state index in [1.807, 2.05) is 64.7 Å². The Balaban J connectivity index is 1.49. The van der Waals surface area contributed by atoms with Gasteiger partial charge in [0.2, 0.25) is 0 Å². The normalized spacial score (nSPS) is 15.2. The molecule has 0 radical (unpaired) electrons. The number of amides is 1. The molecule has 0 atom stereocenters. The molecule has 3 heterocycles. The number of halogens is 1. The molecule has 0 bridgehead atoms. The zero-order chi connectivity index (χ0) is 22.1. The number of para-hydroxylation sites is 1. The van der Waals surface area contributed by atoms with Crippen LogP contribution in [0.25, 0.3) is 22.3 Å². The molecule has 32 heavy (non-hydrogen) atoms. The number of hydrogen-bond acceptors (Lipinski definition) is 5. The molecular formula is C24H16FN3OS3. The lowest BCUT2D eigenvalue weighted by atomic mass is 10.2. The first-order valence-electron chi connectivity index (χ1n) is 9.78. The summed E-state index contributed by atoms with van der Waals surface area (Å²) in [4.78, 5) is 16.3. The highest BCUT2D eigenvalue weighted by molar-refractivity contribution is 8.26. The molecule has 1 aliphatic rings. The Bertz CT molecular complexity index is 1310. The van der Waals surface area contributed by atoms with Gasteiger partial charge in [-0.2, -0.15) is 5.10 Å². The third kappa shape index (κ3) is 4.17. The van der Waals surface area contributed by atoms with Gasteiger partial charge in [0.05, 0.1) is 27.7 Å². The standard InChI is InChI=1S/C24H16FN3OS3/c25-17-10-8-16(9-11-17)15-27-23(29)22(32-24(27)30)14-19-13-20(21-7-4-12-31-21)26-28(19)18-5-2-1-3-6-18/h1-14H,15H2/b22-14+. The summed E-state index contributed by atoms with van der Waals surface area (Å²) in [7, 11) is 0. The van der Waals surface area contributed by atoms with E-state index in [9.17, 15) is 9.18 Å². The van der Waals surface area contributed by atoms with Crippen LogP contribution in [0.15, 0.2) is 83.1 Å². The minimum absolute atomic E-state index is 0.164. The summed E-state index contributed by atoms with van der Waals surface area (Å²) >= 11 is 8.35. The van der Waals surface area contributed by atoms with Gasteiger partial charge in [-0.3, -0.25) is 9.69 Å². The lowest BCUT2D eigenvalue weighted by Gasteiger charge is -2.14. The van der Waals surface area contributed by atoms with Crippen molar-refractivity contribution in [3.63, 3.8) is 0 Å². The number of thioether (sulfide) groups is 1. The fourth-order valence-corrected chi connectivity index (χ4v) is 5.28. The van der Waals surface area contributed by atoms with Crippen molar-refractivity contribution in [3.8, 4) is 16.3 Å². The van der Waals surface area contributed by atoms with Crippen molar-refractivity contribution in [1.82, 2.24) is 14.7 Å². The third-order valence-corrected chi connectivity index (χ3v) is 7.19. The van der Waals surface area contributed by atoms with Crippen LogP contribution in [0.1, 0.15) is 11.3 Å². The van der Waals surface area contributed by atoms with Crippen LogP contribution in [-0.4, -0.2) is 24.9 Å². The van der Waals surface area contributed by atoms with Crippen LogP contribution >= 0.6 is 35.3 Å². The maximum atomic E-state index is 13.2. The maximum absolute atomic E-state index is 13.2. The summed E-state index contributed by atoms with van der Waals surface area (Å²) in [6.45, 7) is 0.306. The van der Waals surface area contributed by atoms with E-state index < -0.39 is 0 Å². The molecule has 2 aromatic heterocycles. The molecule has 1 fully saturated rings. The first kappa shape index (κ1) is 20.8. The number of rotatable bonds is 5. The zero-order valence-corrected chi connectivity index (χ0v) is 19.1. The van der Waals surface area contributed by atoms with Gasteiger partial charge in [0.1, 0.15) is 15.8 Å². The van der Waals surface area contributed by atoms with E-state index in [4.69, 9.17) is 17.3 Å². The second-order valence-electron chi connectivity index (χ2n) is 7.07. The van der Waals surface area contributed by atoms with Gasteiger partial charge in [0.25, 0.3) is 5.91 Å². The van der Waals surface area contributed by atoms with Crippen molar-refractivity contribution in [3.05, 3.63) is 100 Å². The highest BCUT2D eigenvalue weighted by Gasteiger charge is 2.32. The van der Waals surface area contributed by atoms with Gasteiger partial charge < -0.3 is 0 Å². The Morgan fingerprint density at radius 1 is 1.03 bits per heavy atom. The molecule has 2 aromatic carbocycles. The van der Waals surface area contributed by atoms with Crippen molar-refractivity contribution in [1.29, 1.82) is 0 Å². The summed E-state index contributed by atoms with van der Waals surface area (Å²) in [6, 6.07) is 21.9. The largest absolute Gasteiger partial charge is 0.288 e. The summed E-state index contributed by atoms with van der Waals surface area (Å²) in [6.07, 6.45) is 1.83. The molecule has 0 aliphatic carbocycles. The Hall–Kier alpha value is -3.07. The number of carbonyl (C=O) groups excluding carboxylic acids is 1. The molecule has 1 aliphatic heterocycles. The maximum Gasteiger partial charge on any atom is 0.266 e. The highest BCUT2D eigenvalue weighted by atomic mass is 32.2. The van der Waals surface area contributed by atoms with Gasteiger partial charge in [-0.15, -0.1) is 11.3 Å². The van der Waals surface area contributed by atoms with Gasteiger partial charge in [-0.1, -0.05) is 60.4 Å². The molecule has 4 aromatic rings. The molecule has 0 saturated carbocycles.